The van der Waals surface area contributed by atoms with Gasteiger partial charge in [0.15, 0.2) is 0 Å². The molecule has 0 fully saturated rings. The Balaban J connectivity index is 4.29. The molecule has 2 amide bonds. The fourth-order valence-electron chi connectivity index (χ4n) is 3.21. The second kappa shape index (κ2) is 21.3. The van der Waals surface area contributed by atoms with Gasteiger partial charge in [-0.3, -0.25) is 24.0 Å². The maximum Gasteiger partial charge on any atom is 0.410 e. The Morgan fingerprint density at radius 2 is 1.53 bits per heavy atom. The number of carboxylic acids is 2. The predicted octanol–water partition coefficient (Wildman–Crippen LogP) is 0.226. The van der Waals surface area contributed by atoms with Crippen molar-refractivity contribution in [1.82, 2.24) is 10.6 Å². The van der Waals surface area contributed by atoms with E-state index in [0.29, 0.717) is 38.7 Å². The number of amides is 2. The molecule has 0 aliphatic rings. The predicted molar refractivity (Wildman–Crippen MR) is 128 cm³/mol. The highest BCUT2D eigenvalue weighted by atomic mass is 16.7. The van der Waals surface area contributed by atoms with E-state index in [4.69, 9.17) is 25.4 Å². The number of rotatable bonds is 24. The van der Waals surface area contributed by atoms with Gasteiger partial charge in [0.05, 0.1) is 0 Å². The number of carbonyl (C=O) groups is 7. The number of ketones is 1. The Kier molecular flexibility index (Phi) is 19.2. The summed E-state index contributed by atoms with van der Waals surface area (Å²) in [6, 6.07) is -1.50. The van der Waals surface area contributed by atoms with Crippen molar-refractivity contribution in [2.24, 2.45) is 5.73 Å². The van der Waals surface area contributed by atoms with Crippen molar-refractivity contribution < 1.29 is 58.0 Å². The molecule has 0 bridgehead atoms. The van der Waals surface area contributed by atoms with E-state index in [1.807, 2.05) is 5.32 Å². The number of carboxylic acid groups (broad SMARTS) is 2. The molecular formula is C23H37N3O12. The van der Waals surface area contributed by atoms with Gasteiger partial charge >= 0.3 is 18.0 Å². The number of Topliss-reactive ketones (excluding diaryl/α,β-unsaturated/α-hetero) is 1. The highest BCUT2D eigenvalue weighted by Crippen LogP contribution is 2.11. The molecule has 0 aliphatic carbocycles. The zero-order valence-electron chi connectivity index (χ0n) is 21.1. The Bertz CT molecular complexity index is 777. The van der Waals surface area contributed by atoms with E-state index in [0.717, 1.165) is 6.42 Å². The number of aliphatic carboxylic acids is 2. The number of hydrogen-bond acceptors (Lipinski definition) is 11. The van der Waals surface area contributed by atoms with Crippen LogP contribution in [0.15, 0.2) is 0 Å². The number of nitrogens with one attached hydrogen (secondary N) is 2. The normalized spacial score (nSPS) is 12.8. The fraction of sp³-hybridized carbons (Fsp3) is 0.696. The monoisotopic (exact) mass is 547 g/mol. The quantitative estimate of drug-likeness (QED) is 0.0618. The van der Waals surface area contributed by atoms with Crippen LogP contribution in [0, 0.1) is 0 Å². The van der Waals surface area contributed by atoms with Gasteiger partial charge in [0.2, 0.25) is 12.2 Å². The third-order valence-corrected chi connectivity index (χ3v) is 5.19. The van der Waals surface area contributed by atoms with Crippen molar-refractivity contribution >= 4 is 42.7 Å². The molecule has 0 aliphatic heterocycles. The largest absolute Gasteiger partial charge is 0.481 e. The van der Waals surface area contributed by atoms with Crippen molar-refractivity contribution in [1.29, 1.82) is 0 Å². The van der Waals surface area contributed by atoms with Gasteiger partial charge in [-0.15, -0.1) is 0 Å². The molecule has 3 atom stereocenters. The molecule has 0 saturated heterocycles. The molecule has 0 radical (unpaired) electrons. The number of unbranched alkanes of at least 4 members (excludes halogenated alkanes) is 2. The minimum Gasteiger partial charge on any atom is -0.481 e. The second-order valence-electron chi connectivity index (χ2n) is 8.26. The van der Waals surface area contributed by atoms with E-state index in [9.17, 15) is 33.6 Å². The first-order valence-electron chi connectivity index (χ1n) is 12.2. The highest BCUT2D eigenvalue weighted by Gasteiger charge is 2.24. The van der Waals surface area contributed by atoms with Crippen molar-refractivity contribution in [3.8, 4) is 0 Å². The first-order valence-corrected chi connectivity index (χ1v) is 12.2. The lowest BCUT2D eigenvalue weighted by atomic mass is 10.0. The molecule has 0 aromatic carbocycles. The number of ether oxygens (including phenoxy) is 3. The standard InChI is InChI=1S/C23H37N3O12/c24-11-3-1-5-17(36-14-27)13-16(29)7-9-19(30)25-12-4-2-6-21(37-15-28)38-23(35)26-18(22(33)34)8-10-20(31)32/h14-15,17-18,21H,1-13,24H2,(H,25,30)(H,26,35)(H,31,32)(H,33,34)/t17?,18-,21-/m0/s1. The number of alkyl carbamates (subject to hydrolysis) is 1. The van der Waals surface area contributed by atoms with E-state index in [1.54, 1.807) is 0 Å². The number of carbonyl (C=O) groups excluding carboxylic acids is 5. The van der Waals surface area contributed by atoms with Gasteiger partial charge in [0, 0.05) is 38.6 Å². The smallest absolute Gasteiger partial charge is 0.410 e. The summed E-state index contributed by atoms with van der Waals surface area (Å²) in [7, 11) is 0. The van der Waals surface area contributed by atoms with Crippen molar-refractivity contribution in [2.75, 3.05) is 13.1 Å². The van der Waals surface area contributed by atoms with Crippen LogP contribution in [0.4, 0.5) is 4.79 Å². The molecule has 0 saturated carbocycles. The maximum absolute atomic E-state index is 12.1. The van der Waals surface area contributed by atoms with Crippen LogP contribution in [-0.2, 0) is 43.0 Å². The third kappa shape index (κ3) is 18.5. The van der Waals surface area contributed by atoms with E-state index < -0.39 is 42.9 Å². The molecule has 0 aromatic rings. The van der Waals surface area contributed by atoms with Crippen LogP contribution in [0.1, 0.15) is 70.6 Å². The first-order chi connectivity index (χ1) is 18.1. The van der Waals surface area contributed by atoms with Crippen LogP contribution in [-0.4, -0.2) is 84.4 Å². The van der Waals surface area contributed by atoms with Crippen molar-refractivity contribution in [2.45, 2.75) is 89.1 Å². The average molecular weight is 548 g/mol. The van der Waals surface area contributed by atoms with E-state index in [-0.39, 0.29) is 56.8 Å². The van der Waals surface area contributed by atoms with Crippen LogP contribution < -0.4 is 16.4 Å². The summed E-state index contributed by atoms with van der Waals surface area (Å²) >= 11 is 0. The minimum atomic E-state index is -1.50. The van der Waals surface area contributed by atoms with Gasteiger partial charge in [0.25, 0.3) is 12.9 Å². The van der Waals surface area contributed by atoms with Crippen LogP contribution >= 0.6 is 0 Å². The zero-order valence-corrected chi connectivity index (χ0v) is 21.1. The Hall–Kier alpha value is -3.75. The highest BCUT2D eigenvalue weighted by molar-refractivity contribution is 5.85. The summed E-state index contributed by atoms with van der Waals surface area (Å²) in [5, 5.41) is 22.3. The SMILES string of the molecule is NCCCCC(CC(=O)CCC(=O)NCCCC[C@@H](OC=O)OC(=O)N[C@@H](CCC(=O)O)C(=O)O)OC=O. The maximum atomic E-state index is 12.1. The zero-order chi connectivity index (χ0) is 28.8. The van der Waals surface area contributed by atoms with Crippen LogP contribution in [0.3, 0.4) is 0 Å². The lowest BCUT2D eigenvalue weighted by molar-refractivity contribution is -0.154. The van der Waals surface area contributed by atoms with Gasteiger partial charge in [0.1, 0.15) is 17.9 Å². The van der Waals surface area contributed by atoms with Crippen molar-refractivity contribution in [3.63, 3.8) is 0 Å². The molecule has 6 N–H and O–H groups in total. The molecule has 216 valence electrons. The molecule has 38 heavy (non-hydrogen) atoms. The van der Waals surface area contributed by atoms with Gasteiger partial charge in [-0.1, -0.05) is 0 Å². The van der Waals surface area contributed by atoms with Gasteiger partial charge in [-0.05, 0) is 45.1 Å². The Labute approximate surface area is 219 Å². The summed E-state index contributed by atoms with van der Waals surface area (Å²) < 4.78 is 14.4. The van der Waals surface area contributed by atoms with Crippen LogP contribution in [0.5, 0.6) is 0 Å². The summed E-state index contributed by atoms with van der Waals surface area (Å²) in [5.41, 5.74) is 5.42. The first kappa shape index (κ1) is 34.2. The molecule has 0 spiro atoms. The van der Waals surface area contributed by atoms with Crippen LogP contribution in [0.2, 0.25) is 0 Å². The Morgan fingerprint density at radius 1 is 0.842 bits per heavy atom. The van der Waals surface area contributed by atoms with Gasteiger partial charge < -0.3 is 40.8 Å². The molecular weight excluding hydrogens is 510 g/mol. The number of hydrogen-bond donors (Lipinski definition) is 5. The summed E-state index contributed by atoms with van der Waals surface area (Å²) in [4.78, 5) is 79.0. The topological polar surface area (TPSA) is 238 Å². The Morgan fingerprint density at radius 3 is 2.13 bits per heavy atom. The molecule has 15 heteroatoms. The van der Waals surface area contributed by atoms with Gasteiger partial charge in [-0.2, -0.15) is 0 Å². The molecule has 15 nitrogen and oxygen atoms in total. The lowest BCUT2D eigenvalue weighted by Gasteiger charge is -2.18. The molecule has 1 unspecified atom stereocenters. The fourth-order valence-corrected chi connectivity index (χ4v) is 3.21. The lowest BCUT2D eigenvalue weighted by Crippen LogP contribution is -2.42. The van der Waals surface area contributed by atoms with Gasteiger partial charge in [-0.25, -0.2) is 9.59 Å². The average Bonchev–Trinajstić information content (AvgIpc) is 2.85. The van der Waals surface area contributed by atoms with E-state index in [1.165, 1.54) is 0 Å². The summed E-state index contributed by atoms with van der Waals surface area (Å²) in [5.74, 6) is -3.26. The van der Waals surface area contributed by atoms with Crippen molar-refractivity contribution in [3.05, 3.63) is 0 Å². The van der Waals surface area contributed by atoms with E-state index in [2.05, 4.69) is 10.1 Å². The molecule has 0 heterocycles. The second-order valence-corrected chi connectivity index (χ2v) is 8.26. The molecule has 0 aromatic heterocycles. The van der Waals surface area contributed by atoms with E-state index >= 15 is 0 Å². The number of nitrogens with two attached hydrogens (primary N) is 1. The third-order valence-electron chi connectivity index (χ3n) is 5.19. The summed E-state index contributed by atoms with van der Waals surface area (Å²) in [6.45, 7) is 1.08. The summed E-state index contributed by atoms with van der Waals surface area (Å²) in [6.07, 6.45) is -1.16. The molecule has 0 rings (SSSR count). The minimum absolute atomic E-state index is 0.0105. The van der Waals surface area contributed by atoms with Crippen LogP contribution in [0.25, 0.3) is 0 Å².